The van der Waals surface area contributed by atoms with Crippen LogP contribution in [0.4, 0.5) is 4.79 Å². The molecule has 0 aliphatic carbocycles. The lowest BCUT2D eigenvalue weighted by Crippen LogP contribution is -2.48. The van der Waals surface area contributed by atoms with E-state index in [0.717, 1.165) is 4.90 Å². The number of benzene rings is 2. The second-order valence-corrected chi connectivity index (χ2v) is 7.96. The van der Waals surface area contributed by atoms with Gasteiger partial charge in [0.1, 0.15) is 24.3 Å². The van der Waals surface area contributed by atoms with Crippen LogP contribution in [0, 0.1) is 6.92 Å². The molecule has 4 rings (SSSR count). The van der Waals surface area contributed by atoms with Gasteiger partial charge in [0.2, 0.25) is 0 Å². The lowest BCUT2D eigenvalue weighted by atomic mass is 10.0. The highest BCUT2D eigenvalue weighted by atomic mass is 32.2. The van der Waals surface area contributed by atoms with E-state index in [1.807, 2.05) is 37.3 Å². The van der Waals surface area contributed by atoms with E-state index in [-0.39, 0.29) is 12.0 Å². The van der Waals surface area contributed by atoms with E-state index in [2.05, 4.69) is 0 Å². The first-order valence-electron chi connectivity index (χ1n) is 9.07. The van der Waals surface area contributed by atoms with Crippen molar-refractivity contribution >= 4 is 23.9 Å². The summed E-state index contributed by atoms with van der Waals surface area (Å²) in [4.78, 5) is 24.9. The summed E-state index contributed by atoms with van der Waals surface area (Å²) in [7, 11) is 0. The molecule has 0 spiro atoms. The van der Waals surface area contributed by atoms with E-state index in [1.165, 1.54) is 5.56 Å². The van der Waals surface area contributed by atoms with Crippen LogP contribution in [0.5, 0.6) is 0 Å². The van der Waals surface area contributed by atoms with Gasteiger partial charge < -0.3 is 18.9 Å². The van der Waals surface area contributed by atoms with Crippen molar-refractivity contribution in [1.82, 2.24) is 0 Å². The minimum Gasteiger partial charge on any atom is -0.459 e. The van der Waals surface area contributed by atoms with E-state index in [4.69, 9.17) is 18.9 Å². The molecule has 146 valence electrons. The number of hydrogen-bond acceptors (Lipinski definition) is 7. The summed E-state index contributed by atoms with van der Waals surface area (Å²) in [5.74, 6) is -0.445. The average Bonchev–Trinajstić information content (AvgIpc) is 3.08. The smallest absolute Gasteiger partial charge is 0.459 e. The van der Waals surface area contributed by atoms with Crippen molar-refractivity contribution in [3.8, 4) is 0 Å². The van der Waals surface area contributed by atoms with Crippen molar-refractivity contribution in [3.63, 3.8) is 0 Å². The minimum atomic E-state index is -0.709. The number of fused-ring (bicyclic) bond motifs is 1. The van der Waals surface area contributed by atoms with Crippen LogP contribution in [0.25, 0.3) is 0 Å². The Hall–Kier alpha value is -2.51. The molecule has 2 aromatic rings. The van der Waals surface area contributed by atoms with Crippen molar-refractivity contribution < 1.29 is 28.5 Å². The first-order valence-corrected chi connectivity index (χ1v) is 9.95. The molecule has 2 aromatic carbocycles. The fraction of sp³-hybridized carbons (Fsp3) is 0.333. The zero-order valence-corrected chi connectivity index (χ0v) is 16.1. The quantitative estimate of drug-likeness (QED) is 0.704. The molecule has 0 unspecified atom stereocenters. The number of thioether (sulfide) groups is 1. The first kappa shape index (κ1) is 18.8. The summed E-state index contributed by atoms with van der Waals surface area (Å²) in [6.45, 7) is 2.01. The molecule has 0 N–H and O–H groups in total. The van der Waals surface area contributed by atoms with Gasteiger partial charge in [0.15, 0.2) is 6.10 Å². The molecule has 0 amide bonds. The van der Waals surface area contributed by atoms with Gasteiger partial charge in [-0.2, -0.15) is 0 Å². The summed E-state index contributed by atoms with van der Waals surface area (Å²) in [5.41, 5.74) is 1.40. The van der Waals surface area contributed by atoms with Crippen LogP contribution in [-0.4, -0.2) is 42.5 Å². The average molecular weight is 400 g/mol. The summed E-state index contributed by atoms with van der Waals surface area (Å²) in [5, 5.41) is 0. The fourth-order valence-electron chi connectivity index (χ4n) is 3.21. The molecule has 0 radical (unpaired) electrons. The maximum absolute atomic E-state index is 12.2. The molecule has 2 fully saturated rings. The predicted molar refractivity (Wildman–Crippen MR) is 102 cm³/mol. The van der Waals surface area contributed by atoms with Gasteiger partial charge >= 0.3 is 12.1 Å². The van der Waals surface area contributed by atoms with Crippen molar-refractivity contribution in [2.24, 2.45) is 0 Å². The molecule has 4 atom stereocenters. The Kier molecular flexibility index (Phi) is 5.54. The van der Waals surface area contributed by atoms with E-state index >= 15 is 0 Å². The third kappa shape index (κ3) is 4.31. The van der Waals surface area contributed by atoms with Crippen LogP contribution in [0.15, 0.2) is 59.5 Å². The van der Waals surface area contributed by atoms with Crippen LogP contribution in [0.3, 0.4) is 0 Å². The monoisotopic (exact) mass is 400 g/mol. The molecule has 2 aliphatic rings. The molecule has 0 bridgehead atoms. The van der Waals surface area contributed by atoms with Crippen LogP contribution >= 0.6 is 11.8 Å². The van der Waals surface area contributed by atoms with Crippen molar-refractivity contribution in [2.75, 3.05) is 6.61 Å². The number of carbonyl (C=O) groups is 2. The Balaban J connectivity index is 1.42. The van der Waals surface area contributed by atoms with Gasteiger partial charge in [-0.25, -0.2) is 9.59 Å². The predicted octanol–water partition coefficient (Wildman–Crippen LogP) is 3.96. The van der Waals surface area contributed by atoms with Gasteiger partial charge in [0, 0.05) is 11.3 Å². The Morgan fingerprint density at radius 1 is 1.11 bits per heavy atom. The number of carbonyl (C=O) groups excluding carboxylic acids is 2. The minimum absolute atomic E-state index is 0.0174. The Bertz CT molecular complexity index is 838. The number of aryl methyl sites for hydroxylation is 1. The normalized spacial score (nSPS) is 26.1. The van der Waals surface area contributed by atoms with Crippen LogP contribution in [0.2, 0.25) is 0 Å². The van der Waals surface area contributed by atoms with Gasteiger partial charge in [-0.05, 0) is 31.2 Å². The van der Waals surface area contributed by atoms with E-state index in [9.17, 15) is 9.59 Å². The first-order chi connectivity index (χ1) is 13.6. The zero-order valence-electron chi connectivity index (χ0n) is 15.3. The van der Waals surface area contributed by atoms with Crippen LogP contribution in [-0.2, 0) is 18.9 Å². The van der Waals surface area contributed by atoms with Gasteiger partial charge in [-0.15, -0.1) is 0 Å². The van der Waals surface area contributed by atoms with Gasteiger partial charge in [0.05, 0.1) is 5.56 Å². The third-order valence-corrected chi connectivity index (χ3v) is 5.75. The molecule has 2 saturated heterocycles. The molecule has 0 aromatic heterocycles. The lowest BCUT2D eigenvalue weighted by molar-refractivity contribution is -0.116. The molecule has 2 aliphatic heterocycles. The fourth-order valence-corrected chi connectivity index (χ4v) is 4.30. The van der Waals surface area contributed by atoms with Crippen LogP contribution < -0.4 is 0 Å². The maximum atomic E-state index is 12.2. The van der Waals surface area contributed by atoms with Crippen molar-refractivity contribution in [2.45, 2.75) is 42.0 Å². The molecule has 28 heavy (non-hydrogen) atoms. The van der Waals surface area contributed by atoms with E-state index < -0.39 is 30.4 Å². The zero-order chi connectivity index (χ0) is 19.5. The van der Waals surface area contributed by atoms with Gasteiger partial charge in [-0.1, -0.05) is 47.7 Å². The summed E-state index contributed by atoms with van der Waals surface area (Å²) in [6, 6.07) is 16.8. The molecule has 6 nitrogen and oxygen atoms in total. The summed E-state index contributed by atoms with van der Waals surface area (Å²) >= 11 is 1.55. The molecule has 0 saturated carbocycles. The topological polar surface area (TPSA) is 71.1 Å². The molecular weight excluding hydrogens is 380 g/mol. The Labute approximate surface area is 167 Å². The second kappa shape index (κ2) is 8.24. The lowest BCUT2D eigenvalue weighted by Gasteiger charge is -2.34. The Morgan fingerprint density at radius 2 is 1.86 bits per heavy atom. The van der Waals surface area contributed by atoms with Gasteiger partial charge in [0.25, 0.3) is 0 Å². The SMILES string of the molecule is Cc1ccc(S[C@@H]2C[C@H]3OC(=O)O[C@@H]3[C@@H](COC(=O)c3ccccc3)O2)cc1. The highest BCUT2D eigenvalue weighted by Gasteiger charge is 2.49. The number of ether oxygens (including phenoxy) is 4. The second-order valence-electron chi connectivity index (χ2n) is 6.72. The standard InChI is InChI=1S/C21H20O6S/c1-13-7-9-15(10-8-13)28-18-11-16-19(27-21(23)26-16)17(25-18)12-24-20(22)14-5-3-2-4-6-14/h2-10,16-19H,11-12H2,1H3/t16-,17-,18-,19+/m1/s1. The van der Waals surface area contributed by atoms with E-state index in [0.29, 0.717) is 12.0 Å². The van der Waals surface area contributed by atoms with Crippen LogP contribution in [0.1, 0.15) is 22.3 Å². The van der Waals surface area contributed by atoms with Gasteiger partial charge in [-0.3, -0.25) is 0 Å². The molecule has 7 heteroatoms. The Morgan fingerprint density at radius 3 is 2.61 bits per heavy atom. The third-order valence-electron chi connectivity index (χ3n) is 4.64. The maximum Gasteiger partial charge on any atom is 0.509 e. The van der Waals surface area contributed by atoms with Crippen molar-refractivity contribution in [3.05, 3.63) is 65.7 Å². The largest absolute Gasteiger partial charge is 0.509 e. The van der Waals surface area contributed by atoms with Crippen molar-refractivity contribution in [1.29, 1.82) is 0 Å². The summed E-state index contributed by atoms with van der Waals surface area (Å²) < 4.78 is 22.0. The highest BCUT2D eigenvalue weighted by Crippen LogP contribution is 2.37. The van der Waals surface area contributed by atoms with E-state index in [1.54, 1.807) is 36.0 Å². The molecule has 2 heterocycles. The number of hydrogen-bond donors (Lipinski definition) is 0. The number of rotatable bonds is 5. The summed E-state index contributed by atoms with van der Waals surface area (Å²) in [6.07, 6.45) is -1.77. The highest BCUT2D eigenvalue weighted by molar-refractivity contribution is 7.99. The molecular formula is C21H20O6S. The number of esters is 1.